The number of nitrogens with zero attached hydrogens (tertiary/aromatic N) is 1. The van der Waals surface area contributed by atoms with Crippen molar-refractivity contribution in [2.24, 2.45) is 5.92 Å². The van der Waals surface area contributed by atoms with Gasteiger partial charge >= 0.3 is 6.18 Å². The first-order valence-electron chi connectivity index (χ1n) is 9.38. The van der Waals surface area contributed by atoms with E-state index in [-0.39, 0.29) is 18.0 Å². The number of rotatable bonds is 3. The van der Waals surface area contributed by atoms with Gasteiger partial charge in [-0.15, -0.1) is 0 Å². The number of alkyl halides is 4. The second kappa shape index (κ2) is 9.86. The van der Waals surface area contributed by atoms with Crippen molar-refractivity contribution in [1.29, 1.82) is 0 Å². The predicted octanol–water partition coefficient (Wildman–Crippen LogP) is 5.78. The van der Waals surface area contributed by atoms with E-state index in [2.05, 4.69) is 4.98 Å². The number of carbonyl (C=O) groups excluding carboxylic acids is 1. The number of aromatic hydroxyl groups is 2. The quantitative estimate of drug-likeness (QED) is 0.477. The van der Waals surface area contributed by atoms with Crippen LogP contribution in [0.5, 0.6) is 11.5 Å². The average Bonchev–Trinajstić information content (AvgIpc) is 2.70. The van der Waals surface area contributed by atoms with Crippen LogP contribution >= 0.6 is 0 Å². The SMILES string of the molecule is CC(c1cccc(O)c1F)C1CCC(F)CC1.O=Cc1nccc(C(F)(F)F)c1O. The highest BCUT2D eigenvalue weighted by Crippen LogP contribution is 2.39. The maximum atomic E-state index is 13.8. The van der Waals surface area contributed by atoms with Crippen LogP contribution in [0.1, 0.15) is 60.1 Å². The summed E-state index contributed by atoms with van der Waals surface area (Å²) in [7, 11) is 0. The summed E-state index contributed by atoms with van der Waals surface area (Å²) in [5.74, 6) is -1.60. The molecule has 3 rings (SSSR count). The van der Waals surface area contributed by atoms with Gasteiger partial charge in [0.2, 0.25) is 0 Å². The monoisotopic (exact) mass is 431 g/mol. The summed E-state index contributed by atoms with van der Waals surface area (Å²) in [6.07, 6.45) is -1.73. The molecule has 164 valence electrons. The lowest BCUT2D eigenvalue weighted by atomic mass is 9.77. The Morgan fingerprint density at radius 1 is 1.13 bits per heavy atom. The molecular formula is C21H22F5NO3. The predicted molar refractivity (Wildman–Crippen MR) is 99.6 cm³/mol. The fourth-order valence-corrected chi connectivity index (χ4v) is 3.51. The molecule has 1 heterocycles. The Labute approximate surface area is 170 Å². The van der Waals surface area contributed by atoms with Gasteiger partial charge in [0.05, 0.1) is 0 Å². The van der Waals surface area contributed by atoms with E-state index in [4.69, 9.17) is 5.11 Å². The lowest BCUT2D eigenvalue weighted by molar-refractivity contribution is -0.138. The van der Waals surface area contributed by atoms with Gasteiger partial charge in [0.25, 0.3) is 0 Å². The zero-order valence-corrected chi connectivity index (χ0v) is 16.2. The Hall–Kier alpha value is -2.71. The van der Waals surface area contributed by atoms with Gasteiger partial charge in [-0.25, -0.2) is 13.8 Å². The summed E-state index contributed by atoms with van der Waals surface area (Å²) in [5, 5.41) is 18.3. The van der Waals surface area contributed by atoms with Crippen molar-refractivity contribution in [3.8, 4) is 11.5 Å². The van der Waals surface area contributed by atoms with Crippen LogP contribution in [0.2, 0.25) is 0 Å². The van der Waals surface area contributed by atoms with Gasteiger partial charge in [0.1, 0.15) is 17.4 Å². The number of hydrogen-bond donors (Lipinski definition) is 2. The maximum Gasteiger partial charge on any atom is 0.420 e. The lowest BCUT2D eigenvalue weighted by Crippen LogP contribution is -2.20. The lowest BCUT2D eigenvalue weighted by Gasteiger charge is -2.29. The first-order chi connectivity index (χ1) is 14.1. The Morgan fingerprint density at radius 2 is 1.77 bits per heavy atom. The largest absolute Gasteiger partial charge is 0.505 e. The van der Waals surface area contributed by atoms with Gasteiger partial charge in [-0.05, 0) is 55.2 Å². The van der Waals surface area contributed by atoms with Gasteiger partial charge < -0.3 is 10.2 Å². The maximum absolute atomic E-state index is 13.8. The first kappa shape index (κ1) is 23.6. The van der Waals surface area contributed by atoms with Crippen LogP contribution in [0, 0.1) is 11.7 Å². The number of hydrogen-bond acceptors (Lipinski definition) is 4. The Morgan fingerprint density at radius 3 is 2.33 bits per heavy atom. The fraction of sp³-hybridized carbons (Fsp3) is 0.429. The van der Waals surface area contributed by atoms with Crippen molar-refractivity contribution in [2.75, 3.05) is 0 Å². The van der Waals surface area contributed by atoms with Crippen molar-refractivity contribution in [3.05, 3.63) is 53.1 Å². The zero-order valence-electron chi connectivity index (χ0n) is 16.2. The minimum atomic E-state index is -4.68. The summed E-state index contributed by atoms with van der Waals surface area (Å²) in [6.45, 7) is 1.96. The van der Waals surface area contributed by atoms with E-state index in [1.807, 2.05) is 6.92 Å². The zero-order chi connectivity index (χ0) is 22.5. The number of carbonyl (C=O) groups is 1. The van der Waals surface area contributed by atoms with Gasteiger partial charge in [-0.3, -0.25) is 4.79 Å². The summed E-state index contributed by atoms with van der Waals surface area (Å²) >= 11 is 0. The van der Waals surface area contributed by atoms with Crippen molar-refractivity contribution < 1.29 is 37.0 Å². The van der Waals surface area contributed by atoms with Crippen LogP contribution in [-0.4, -0.2) is 27.7 Å². The normalized spacial score (nSPS) is 20.1. The Balaban J connectivity index is 0.000000222. The third-order valence-electron chi connectivity index (χ3n) is 5.28. The molecule has 0 radical (unpaired) electrons. The van der Waals surface area contributed by atoms with E-state index in [0.717, 1.165) is 19.0 Å². The van der Waals surface area contributed by atoms with Crippen molar-refractivity contribution in [3.63, 3.8) is 0 Å². The summed E-state index contributed by atoms with van der Waals surface area (Å²) < 4.78 is 63.0. The third kappa shape index (κ3) is 5.67. The number of benzene rings is 1. The summed E-state index contributed by atoms with van der Waals surface area (Å²) in [6, 6.07) is 5.32. The van der Waals surface area contributed by atoms with Gasteiger partial charge in [-0.2, -0.15) is 13.2 Å². The number of aromatic nitrogens is 1. The van der Waals surface area contributed by atoms with Crippen LogP contribution in [0.15, 0.2) is 30.5 Å². The molecule has 9 heteroatoms. The minimum absolute atomic E-state index is 0.0367. The second-order valence-electron chi connectivity index (χ2n) is 7.19. The Bertz CT molecular complexity index is 864. The number of aldehydes is 1. The van der Waals surface area contributed by atoms with Crippen LogP contribution in [0.3, 0.4) is 0 Å². The summed E-state index contributed by atoms with van der Waals surface area (Å²) in [5.41, 5.74) is -1.33. The summed E-state index contributed by atoms with van der Waals surface area (Å²) in [4.78, 5) is 13.4. The second-order valence-corrected chi connectivity index (χ2v) is 7.19. The standard InChI is InChI=1S/C14H18F2O.C7H4F3NO2/c1-9(10-5-7-11(15)8-6-10)12-3-2-4-13(17)14(12)16;8-7(9,10)4-1-2-11-5(3-12)6(4)13/h2-4,9-11,17H,5-8H2,1H3;1-3,13H. The van der Waals surface area contributed by atoms with E-state index in [1.54, 1.807) is 12.1 Å². The number of phenols is 1. The fourth-order valence-electron chi connectivity index (χ4n) is 3.51. The van der Waals surface area contributed by atoms with E-state index >= 15 is 0 Å². The molecule has 1 aromatic carbocycles. The molecule has 1 aliphatic rings. The molecule has 0 spiro atoms. The smallest absolute Gasteiger partial charge is 0.420 e. The van der Waals surface area contributed by atoms with Gasteiger partial charge in [0, 0.05) is 6.20 Å². The minimum Gasteiger partial charge on any atom is -0.505 e. The highest BCUT2D eigenvalue weighted by atomic mass is 19.4. The van der Waals surface area contributed by atoms with Crippen molar-refractivity contribution in [2.45, 2.75) is 50.9 Å². The van der Waals surface area contributed by atoms with Gasteiger partial charge in [0.15, 0.2) is 23.6 Å². The van der Waals surface area contributed by atoms with Crippen molar-refractivity contribution in [1.82, 2.24) is 4.98 Å². The Kier molecular flexibility index (Phi) is 7.75. The molecule has 1 saturated carbocycles. The van der Waals surface area contributed by atoms with E-state index in [1.165, 1.54) is 6.07 Å². The van der Waals surface area contributed by atoms with Crippen LogP contribution in [-0.2, 0) is 6.18 Å². The first-order valence-corrected chi connectivity index (χ1v) is 9.38. The molecule has 2 N–H and O–H groups in total. The number of halogens is 5. The van der Waals surface area contributed by atoms with Crippen LogP contribution in [0.4, 0.5) is 22.0 Å². The molecule has 1 aromatic heterocycles. The molecule has 1 aliphatic carbocycles. The molecule has 1 fully saturated rings. The molecule has 2 aromatic rings. The highest BCUT2D eigenvalue weighted by molar-refractivity contribution is 5.76. The highest BCUT2D eigenvalue weighted by Gasteiger charge is 2.35. The van der Waals surface area contributed by atoms with Crippen LogP contribution in [0.25, 0.3) is 0 Å². The molecule has 0 bridgehead atoms. The molecule has 4 nitrogen and oxygen atoms in total. The molecule has 1 atom stereocenters. The van der Waals surface area contributed by atoms with E-state index < -0.39 is 35.2 Å². The van der Waals surface area contributed by atoms with Gasteiger partial charge in [-0.1, -0.05) is 19.1 Å². The molecular weight excluding hydrogens is 409 g/mol. The topological polar surface area (TPSA) is 70.4 Å². The molecule has 0 aliphatic heterocycles. The third-order valence-corrected chi connectivity index (χ3v) is 5.28. The molecule has 30 heavy (non-hydrogen) atoms. The average molecular weight is 431 g/mol. The number of pyridine rings is 1. The van der Waals surface area contributed by atoms with E-state index in [9.17, 15) is 31.9 Å². The van der Waals surface area contributed by atoms with E-state index in [0.29, 0.717) is 30.4 Å². The molecule has 0 amide bonds. The van der Waals surface area contributed by atoms with Crippen molar-refractivity contribution >= 4 is 6.29 Å². The molecule has 1 unspecified atom stereocenters. The molecule has 0 saturated heterocycles. The van der Waals surface area contributed by atoms with Crippen LogP contribution < -0.4 is 0 Å². The number of phenolic OH excluding ortho intramolecular Hbond substituents is 1.